The molecular formula is C26H27ClN6O2. The molecule has 0 bridgehead atoms. The number of nitrogens with two attached hydrogens (primary N) is 1. The van der Waals surface area contributed by atoms with Crippen LogP contribution in [0.2, 0.25) is 5.02 Å². The monoisotopic (exact) mass is 490 g/mol. The summed E-state index contributed by atoms with van der Waals surface area (Å²) in [5, 5.41) is 3.64. The highest BCUT2D eigenvalue weighted by Gasteiger charge is 2.17. The Labute approximate surface area is 209 Å². The fourth-order valence-electron chi connectivity index (χ4n) is 3.95. The van der Waals surface area contributed by atoms with Crippen molar-refractivity contribution in [3.05, 3.63) is 70.8 Å². The second kappa shape index (κ2) is 10.8. The van der Waals surface area contributed by atoms with Crippen LogP contribution in [0.15, 0.2) is 48.8 Å². The van der Waals surface area contributed by atoms with Crippen molar-refractivity contribution in [2.75, 3.05) is 21.3 Å². The first kappa shape index (κ1) is 24.5. The first-order chi connectivity index (χ1) is 17.0. The third-order valence-corrected chi connectivity index (χ3v) is 6.13. The van der Waals surface area contributed by atoms with Crippen molar-refractivity contribution in [3.8, 4) is 45.4 Å². The fourth-order valence-corrected chi connectivity index (χ4v) is 4.28. The third-order valence-electron chi connectivity index (χ3n) is 5.72. The number of benzene rings is 2. The van der Waals surface area contributed by atoms with Gasteiger partial charge >= 0.3 is 0 Å². The minimum Gasteiger partial charge on any atom is -0.480 e. The van der Waals surface area contributed by atoms with E-state index in [9.17, 15) is 0 Å². The molecule has 2 aromatic carbocycles. The lowest BCUT2D eigenvalue weighted by molar-refractivity contribution is 0.388. The Balaban J connectivity index is 1.80. The number of ether oxygens (including phenoxy) is 2. The number of hydrogen-bond donors (Lipinski definition) is 2. The van der Waals surface area contributed by atoms with Crippen molar-refractivity contribution in [1.82, 2.24) is 25.3 Å². The van der Waals surface area contributed by atoms with E-state index in [-0.39, 0.29) is 6.54 Å². The molecule has 0 saturated heterocycles. The number of methoxy groups -OCH3 is 2. The molecule has 0 fully saturated rings. The van der Waals surface area contributed by atoms with E-state index in [0.717, 1.165) is 33.5 Å². The van der Waals surface area contributed by atoms with E-state index < -0.39 is 0 Å². The van der Waals surface area contributed by atoms with Crippen molar-refractivity contribution in [2.45, 2.75) is 20.0 Å². The highest BCUT2D eigenvalue weighted by molar-refractivity contribution is 6.36. The molecule has 0 spiro atoms. The molecule has 4 aromatic rings. The maximum atomic E-state index is 6.95. The molecule has 8 nitrogen and oxygen atoms in total. The molecule has 4 rings (SSSR count). The summed E-state index contributed by atoms with van der Waals surface area (Å²) in [6.45, 7) is 2.84. The molecule has 0 amide bonds. The normalized spacial score (nSPS) is 10.9. The molecule has 0 aliphatic rings. The highest BCUT2D eigenvalue weighted by Crippen LogP contribution is 2.39. The smallest absolute Gasteiger partial charge is 0.237 e. The predicted octanol–water partition coefficient (Wildman–Crippen LogP) is 4.42. The Morgan fingerprint density at radius 2 is 1.37 bits per heavy atom. The van der Waals surface area contributed by atoms with Crippen LogP contribution in [0.4, 0.5) is 0 Å². The summed E-state index contributed by atoms with van der Waals surface area (Å²) in [5.41, 5.74) is 13.0. The van der Waals surface area contributed by atoms with Crippen LogP contribution in [-0.4, -0.2) is 41.2 Å². The van der Waals surface area contributed by atoms with Gasteiger partial charge in [0.2, 0.25) is 11.8 Å². The molecule has 0 radical (unpaired) electrons. The van der Waals surface area contributed by atoms with Crippen LogP contribution in [0.5, 0.6) is 11.8 Å². The van der Waals surface area contributed by atoms with Gasteiger partial charge in [0.15, 0.2) is 0 Å². The third kappa shape index (κ3) is 4.81. The second-order valence-electron chi connectivity index (χ2n) is 7.80. The molecule has 0 atom stereocenters. The summed E-state index contributed by atoms with van der Waals surface area (Å²) in [6, 6.07) is 11.9. The van der Waals surface area contributed by atoms with Gasteiger partial charge in [0.25, 0.3) is 0 Å². The van der Waals surface area contributed by atoms with E-state index in [1.165, 1.54) is 0 Å². The van der Waals surface area contributed by atoms with Gasteiger partial charge in [-0.2, -0.15) is 0 Å². The van der Waals surface area contributed by atoms with E-state index in [0.29, 0.717) is 40.4 Å². The lowest BCUT2D eigenvalue weighted by Gasteiger charge is -2.15. The fraction of sp³-hybridized carbons (Fsp3) is 0.231. The number of rotatable bonds is 8. The lowest BCUT2D eigenvalue weighted by Crippen LogP contribution is -2.10. The minimum atomic E-state index is 0.251. The van der Waals surface area contributed by atoms with Crippen LogP contribution in [0.1, 0.15) is 17.0 Å². The Kier molecular flexibility index (Phi) is 7.55. The topological polar surface area (TPSA) is 108 Å². The summed E-state index contributed by atoms with van der Waals surface area (Å²) in [6.07, 6.45) is 3.42. The van der Waals surface area contributed by atoms with E-state index in [1.54, 1.807) is 26.6 Å². The average Bonchev–Trinajstić information content (AvgIpc) is 2.89. The summed E-state index contributed by atoms with van der Waals surface area (Å²) in [4.78, 5) is 18.2. The largest absolute Gasteiger partial charge is 0.480 e. The van der Waals surface area contributed by atoms with Gasteiger partial charge < -0.3 is 20.5 Å². The van der Waals surface area contributed by atoms with E-state index >= 15 is 0 Å². The molecule has 180 valence electrons. The van der Waals surface area contributed by atoms with Crippen molar-refractivity contribution in [1.29, 1.82) is 0 Å². The molecule has 0 saturated carbocycles. The molecule has 3 N–H and O–H groups in total. The number of halogens is 1. The summed E-state index contributed by atoms with van der Waals surface area (Å²) in [5.74, 6) is 0.883. The minimum absolute atomic E-state index is 0.251. The van der Waals surface area contributed by atoms with Gasteiger partial charge in [-0.1, -0.05) is 48.0 Å². The number of nitrogens with one attached hydrogen (secondary N) is 1. The lowest BCUT2D eigenvalue weighted by atomic mass is 9.93. The van der Waals surface area contributed by atoms with Crippen molar-refractivity contribution in [2.24, 2.45) is 5.73 Å². The maximum absolute atomic E-state index is 6.95. The molecule has 0 unspecified atom stereocenters. The van der Waals surface area contributed by atoms with Crippen molar-refractivity contribution < 1.29 is 9.47 Å². The van der Waals surface area contributed by atoms with Crippen LogP contribution in [0.3, 0.4) is 0 Å². The van der Waals surface area contributed by atoms with Gasteiger partial charge in [-0.05, 0) is 25.1 Å². The molecule has 2 aromatic heterocycles. The zero-order valence-corrected chi connectivity index (χ0v) is 20.8. The molecule has 0 aliphatic carbocycles. The quantitative estimate of drug-likeness (QED) is 0.373. The molecule has 9 heteroatoms. The van der Waals surface area contributed by atoms with Crippen LogP contribution in [0.25, 0.3) is 33.6 Å². The zero-order valence-electron chi connectivity index (χ0n) is 20.1. The number of hydrogen-bond acceptors (Lipinski definition) is 8. The first-order valence-electron chi connectivity index (χ1n) is 11.1. The second-order valence-corrected chi connectivity index (χ2v) is 8.18. The molecule has 35 heavy (non-hydrogen) atoms. The summed E-state index contributed by atoms with van der Waals surface area (Å²) >= 11 is 6.95. The highest BCUT2D eigenvalue weighted by atomic mass is 35.5. The maximum Gasteiger partial charge on any atom is 0.237 e. The Hall–Kier alpha value is -3.59. The van der Waals surface area contributed by atoms with E-state index in [4.69, 9.17) is 26.8 Å². The van der Waals surface area contributed by atoms with E-state index in [2.05, 4.69) is 25.3 Å². The van der Waals surface area contributed by atoms with Crippen LogP contribution in [0, 0.1) is 6.92 Å². The van der Waals surface area contributed by atoms with Gasteiger partial charge in [-0.15, -0.1) is 0 Å². The zero-order chi connectivity index (χ0) is 24.9. The Morgan fingerprint density at radius 1 is 0.829 bits per heavy atom. The molecular weight excluding hydrogens is 464 g/mol. The Bertz CT molecular complexity index is 1360. The number of aromatic nitrogens is 4. The standard InChI is InChI=1S/C26H27ClN6O2/c1-15-16(7-5-8-17(15)21-13-30-20(11-28)25(32-21)34-3)18-9-6-10-19(24(18)27)22-14-31-23(12-29-2)26(33-22)35-4/h5-10,13-14,29H,11-12,28H2,1-4H3. The summed E-state index contributed by atoms with van der Waals surface area (Å²) in [7, 11) is 4.99. The van der Waals surface area contributed by atoms with Crippen molar-refractivity contribution >= 4 is 11.6 Å². The van der Waals surface area contributed by atoms with Gasteiger partial charge in [0, 0.05) is 29.8 Å². The molecule has 0 aliphatic heterocycles. The van der Waals surface area contributed by atoms with Crippen molar-refractivity contribution in [3.63, 3.8) is 0 Å². The Morgan fingerprint density at radius 3 is 2.00 bits per heavy atom. The van der Waals surface area contributed by atoms with E-state index in [1.807, 2.05) is 50.4 Å². The van der Waals surface area contributed by atoms with Gasteiger partial charge in [0.05, 0.1) is 43.0 Å². The van der Waals surface area contributed by atoms with Crippen LogP contribution < -0.4 is 20.5 Å². The molecule has 2 heterocycles. The first-order valence-corrected chi connectivity index (χ1v) is 11.4. The van der Waals surface area contributed by atoms with Crippen LogP contribution in [-0.2, 0) is 13.1 Å². The van der Waals surface area contributed by atoms with Gasteiger partial charge in [-0.3, -0.25) is 9.97 Å². The number of nitrogens with zero attached hydrogens (tertiary/aromatic N) is 4. The van der Waals surface area contributed by atoms with Gasteiger partial charge in [0.1, 0.15) is 11.4 Å². The average molecular weight is 491 g/mol. The predicted molar refractivity (Wildman–Crippen MR) is 137 cm³/mol. The summed E-state index contributed by atoms with van der Waals surface area (Å²) < 4.78 is 10.8. The van der Waals surface area contributed by atoms with Gasteiger partial charge in [-0.25, -0.2) is 9.97 Å². The SMILES string of the molecule is CNCc1ncc(-c2cccc(-c3cccc(-c4cnc(CN)c(OC)n4)c3C)c2Cl)nc1OC. The van der Waals surface area contributed by atoms with Crippen LogP contribution >= 0.6 is 11.6 Å².